The van der Waals surface area contributed by atoms with E-state index in [1.165, 1.54) is 0 Å². The van der Waals surface area contributed by atoms with E-state index in [0.717, 1.165) is 10.0 Å². The monoisotopic (exact) mass is 461 g/mol. The second kappa shape index (κ2) is 6.57. The van der Waals surface area contributed by atoms with E-state index in [4.69, 9.17) is 10.5 Å². The molecular formula is C23H16BrN3O3. The van der Waals surface area contributed by atoms with Crippen LogP contribution in [0.25, 0.3) is 0 Å². The third kappa shape index (κ3) is 2.40. The summed E-state index contributed by atoms with van der Waals surface area (Å²) in [4.78, 5) is 26.9. The van der Waals surface area contributed by atoms with Crippen LogP contribution < -0.4 is 11.1 Å². The number of benzene rings is 2. The zero-order chi connectivity index (χ0) is 21.0. The third-order valence-electron chi connectivity index (χ3n) is 6.01. The maximum Gasteiger partial charge on any atom is 0.245 e. The lowest BCUT2D eigenvalue weighted by Crippen LogP contribution is -2.47. The lowest BCUT2D eigenvalue weighted by molar-refractivity contribution is -0.123. The number of nitrogens with zero attached hydrogens (tertiary/aromatic N) is 1. The van der Waals surface area contributed by atoms with E-state index in [0.29, 0.717) is 23.4 Å². The van der Waals surface area contributed by atoms with Crippen LogP contribution in [0, 0.1) is 11.3 Å². The van der Waals surface area contributed by atoms with Gasteiger partial charge in [-0.25, -0.2) is 0 Å². The number of fused-ring (bicyclic) bond motifs is 3. The van der Waals surface area contributed by atoms with Crippen LogP contribution >= 0.6 is 15.9 Å². The van der Waals surface area contributed by atoms with Gasteiger partial charge in [-0.2, -0.15) is 5.26 Å². The largest absolute Gasteiger partial charge is 0.444 e. The fraction of sp³-hybridized carbons (Fsp3) is 0.174. The van der Waals surface area contributed by atoms with Crippen molar-refractivity contribution in [1.29, 1.82) is 5.26 Å². The Morgan fingerprint density at radius 2 is 1.93 bits per heavy atom. The molecule has 2 aromatic rings. The number of Topliss-reactive ketones (excluding diaryl/α,β-unsaturated/α-hetero) is 1. The van der Waals surface area contributed by atoms with Gasteiger partial charge in [0.2, 0.25) is 11.8 Å². The Morgan fingerprint density at radius 1 is 1.17 bits per heavy atom. The molecule has 1 spiro atoms. The molecule has 0 unspecified atom stereocenters. The lowest BCUT2D eigenvalue weighted by atomic mass is 9.63. The van der Waals surface area contributed by atoms with E-state index in [1.807, 2.05) is 36.4 Å². The molecule has 0 fully saturated rings. The van der Waals surface area contributed by atoms with Crippen molar-refractivity contribution >= 4 is 33.3 Å². The number of carbonyl (C=O) groups is 2. The van der Waals surface area contributed by atoms with Crippen LogP contribution in [0.15, 0.2) is 75.8 Å². The number of nitrogens with one attached hydrogen (secondary N) is 1. The molecule has 0 bridgehead atoms. The van der Waals surface area contributed by atoms with E-state index in [1.54, 1.807) is 18.2 Å². The zero-order valence-electron chi connectivity index (χ0n) is 15.7. The second-order valence-electron chi connectivity index (χ2n) is 7.58. The average Bonchev–Trinajstić information content (AvgIpc) is 3.00. The molecule has 1 amide bonds. The molecule has 30 heavy (non-hydrogen) atoms. The molecule has 148 valence electrons. The first-order chi connectivity index (χ1) is 14.5. The summed E-state index contributed by atoms with van der Waals surface area (Å²) in [7, 11) is 0. The molecular weight excluding hydrogens is 446 g/mol. The van der Waals surface area contributed by atoms with Crippen molar-refractivity contribution in [2.75, 3.05) is 5.32 Å². The molecule has 2 atom stereocenters. The zero-order valence-corrected chi connectivity index (χ0v) is 17.3. The van der Waals surface area contributed by atoms with E-state index < -0.39 is 11.3 Å². The van der Waals surface area contributed by atoms with E-state index >= 15 is 0 Å². The fourth-order valence-electron chi connectivity index (χ4n) is 4.75. The van der Waals surface area contributed by atoms with Gasteiger partial charge in [-0.3, -0.25) is 9.59 Å². The highest BCUT2D eigenvalue weighted by atomic mass is 79.9. The molecule has 3 N–H and O–H groups in total. The summed E-state index contributed by atoms with van der Waals surface area (Å²) in [5.41, 5.74) is 6.81. The van der Waals surface area contributed by atoms with Crippen LogP contribution in [-0.4, -0.2) is 11.7 Å². The van der Waals surface area contributed by atoms with Crippen LogP contribution in [0.5, 0.6) is 0 Å². The van der Waals surface area contributed by atoms with E-state index in [9.17, 15) is 14.9 Å². The quantitative estimate of drug-likeness (QED) is 0.672. The molecule has 1 aliphatic carbocycles. The molecule has 2 heterocycles. The number of hydrogen-bond acceptors (Lipinski definition) is 5. The number of ketones is 1. The third-order valence-corrected chi connectivity index (χ3v) is 6.50. The van der Waals surface area contributed by atoms with E-state index in [-0.39, 0.29) is 35.2 Å². The van der Waals surface area contributed by atoms with Crippen LogP contribution in [0.1, 0.15) is 29.9 Å². The van der Waals surface area contributed by atoms with Gasteiger partial charge < -0.3 is 15.8 Å². The van der Waals surface area contributed by atoms with Crippen LogP contribution in [0.3, 0.4) is 0 Å². The summed E-state index contributed by atoms with van der Waals surface area (Å²) in [5, 5.41) is 12.7. The van der Waals surface area contributed by atoms with E-state index in [2.05, 4.69) is 21.2 Å². The van der Waals surface area contributed by atoms with Crippen LogP contribution in [0.2, 0.25) is 0 Å². The predicted molar refractivity (Wildman–Crippen MR) is 113 cm³/mol. The van der Waals surface area contributed by atoms with Crippen molar-refractivity contribution in [1.82, 2.24) is 0 Å². The summed E-state index contributed by atoms with van der Waals surface area (Å²) >= 11 is 3.43. The Morgan fingerprint density at radius 3 is 2.67 bits per heavy atom. The van der Waals surface area contributed by atoms with Crippen molar-refractivity contribution in [2.24, 2.45) is 5.73 Å². The number of halogens is 1. The topological polar surface area (TPSA) is 105 Å². The first-order valence-corrected chi connectivity index (χ1v) is 10.3. The summed E-state index contributed by atoms with van der Waals surface area (Å²) in [6.07, 6.45) is 0.645. The molecule has 0 radical (unpaired) electrons. The number of carbonyl (C=O) groups excluding carboxylic acids is 2. The summed E-state index contributed by atoms with van der Waals surface area (Å²) in [5.74, 6) is -0.538. The van der Waals surface area contributed by atoms with Crippen molar-refractivity contribution in [3.05, 3.63) is 86.9 Å². The Hall–Kier alpha value is -3.37. The summed E-state index contributed by atoms with van der Waals surface area (Å²) in [6, 6.07) is 17.0. The van der Waals surface area contributed by atoms with Gasteiger partial charge in [-0.05, 0) is 29.7 Å². The highest BCUT2D eigenvalue weighted by Gasteiger charge is 2.60. The summed E-state index contributed by atoms with van der Waals surface area (Å²) < 4.78 is 6.53. The number of anilines is 1. The lowest BCUT2D eigenvalue weighted by Gasteiger charge is -2.39. The SMILES string of the molecule is N#CC1=C(N)OC2=C(C(=O)C[C@@H](c3ccccc3)C2)[C@@]12C(=O)Nc1ccc(Br)cc12. The minimum atomic E-state index is -1.59. The maximum absolute atomic E-state index is 13.5. The van der Waals surface area contributed by atoms with Crippen molar-refractivity contribution in [3.63, 3.8) is 0 Å². The molecule has 2 aromatic carbocycles. The smallest absolute Gasteiger partial charge is 0.245 e. The van der Waals surface area contributed by atoms with Gasteiger partial charge in [0.25, 0.3) is 0 Å². The van der Waals surface area contributed by atoms with Gasteiger partial charge in [0.1, 0.15) is 22.8 Å². The first kappa shape index (κ1) is 18.6. The normalized spacial score (nSPS) is 24.9. The van der Waals surface area contributed by atoms with Gasteiger partial charge in [0, 0.05) is 28.6 Å². The van der Waals surface area contributed by atoms with Gasteiger partial charge >= 0.3 is 0 Å². The molecule has 2 aliphatic heterocycles. The number of allylic oxidation sites excluding steroid dienone is 1. The Bertz CT molecular complexity index is 1230. The summed E-state index contributed by atoms with van der Waals surface area (Å²) in [6.45, 7) is 0. The molecule has 7 heteroatoms. The number of rotatable bonds is 1. The molecule has 0 aromatic heterocycles. The molecule has 0 saturated carbocycles. The first-order valence-electron chi connectivity index (χ1n) is 9.48. The predicted octanol–water partition coefficient (Wildman–Crippen LogP) is 3.76. The minimum absolute atomic E-state index is 0.0536. The number of hydrogen-bond donors (Lipinski definition) is 2. The molecule has 0 saturated heterocycles. The Kier molecular flexibility index (Phi) is 4.09. The van der Waals surface area contributed by atoms with Crippen LogP contribution in [0.4, 0.5) is 5.69 Å². The standard InChI is InChI=1S/C23H16BrN3O3/c24-14-6-7-17-15(10-14)23(22(29)27-17)16(11-25)21(26)30-19-9-13(8-18(28)20(19)23)12-4-2-1-3-5-12/h1-7,10,13H,8-9,26H2,(H,27,29)/t13-,23+/m1/s1. The number of amides is 1. The number of nitrogens with two attached hydrogens (primary N) is 1. The molecule has 6 nitrogen and oxygen atoms in total. The van der Waals surface area contributed by atoms with Crippen molar-refractivity contribution in [2.45, 2.75) is 24.2 Å². The highest BCUT2D eigenvalue weighted by molar-refractivity contribution is 9.10. The number of nitriles is 1. The Balaban J connectivity index is 1.75. The van der Waals surface area contributed by atoms with Crippen molar-refractivity contribution in [3.8, 4) is 6.07 Å². The average molecular weight is 462 g/mol. The van der Waals surface area contributed by atoms with Gasteiger partial charge in [0.15, 0.2) is 5.78 Å². The Labute approximate surface area is 181 Å². The fourth-order valence-corrected chi connectivity index (χ4v) is 5.12. The minimum Gasteiger partial charge on any atom is -0.444 e. The van der Waals surface area contributed by atoms with Crippen molar-refractivity contribution < 1.29 is 14.3 Å². The highest BCUT2D eigenvalue weighted by Crippen LogP contribution is 2.55. The molecule has 5 rings (SSSR count). The number of ether oxygens (including phenoxy) is 1. The maximum atomic E-state index is 13.5. The van der Waals surface area contributed by atoms with Gasteiger partial charge in [0.05, 0.1) is 5.57 Å². The van der Waals surface area contributed by atoms with Gasteiger partial charge in [-0.15, -0.1) is 0 Å². The second-order valence-corrected chi connectivity index (χ2v) is 8.50. The molecule has 3 aliphatic rings. The van der Waals surface area contributed by atoms with Gasteiger partial charge in [-0.1, -0.05) is 46.3 Å². The van der Waals surface area contributed by atoms with Crippen LogP contribution in [-0.2, 0) is 19.7 Å².